The van der Waals surface area contributed by atoms with Gasteiger partial charge in [0, 0.05) is 49.8 Å². The minimum Gasteiger partial charge on any atom is -0.383 e. The van der Waals surface area contributed by atoms with Crippen molar-refractivity contribution in [1.29, 1.82) is 0 Å². The number of nitrogens with zero attached hydrogens (tertiary/aromatic N) is 2. The molecule has 5 nitrogen and oxygen atoms in total. The predicted molar refractivity (Wildman–Crippen MR) is 90.6 cm³/mol. The summed E-state index contributed by atoms with van der Waals surface area (Å²) < 4.78 is 5.03. The third-order valence-corrected chi connectivity index (χ3v) is 4.39. The fraction of sp³-hybridized carbons (Fsp3) is 0.444. The monoisotopic (exact) mass is 313 g/mol. The summed E-state index contributed by atoms with van der Waals surface area (Å²) in [6.45, 7) is 5.95. The van der Waals surface area contributed by atoms with Crippen LogP contribution in [-0.4, -0.2) is 49.1 Å². The molecule has 0 saturated heterocycles. The third kappa shape index (κ3) is 3.21. The number of amides is 1. The van der Waals surface area contributed by atoms with Gasteiger partial charge in [-0.1, -0.05) is 25.1 Å². The van der Waals surface area contributed by atoms with E-state index in [4.69, 9.17) is 9.72 Å². The minimum absolute atomic E-state index is 0.0325. The normalized spacial score (nSPS) is 14.7. The molecule has 1 aliphatic heterocycles. The number of nitrogens with one attached hydrogen (secondary N) is 1. The van der Waals surface area contributed by atoms with Crippen LogP contribution in [0.4, 0.5) is 0 Å². The highest BCUT2D eigenvalue weighted by atomic mass is 16.5. The summed E-state index contributed by atoms with van der Waals surface area (Å²) in [5.41, 5.74) is 3.81. The van der Waals surface area contributed by atoms with E-state index in [-0.39, 0.29) is 5.91 Å². The first-order chi connectivity index (χ1) is 11.2. The Bertz CT molecular complexity index is 715. The van der Waals surface area contributed by atoms with Crippen LogP contribution in [0.5, 0.6) is 0 Å². The molecule has 0 aliphatic carbocycles. The number of hydrogen-bond donors (Lipinski definition) is 1. The van der Waals surface area contributed by atoms with Gasteiger partial charge < -0.3 is 10.1 Å². The fourth-order valence-electron chi connectivity index (χ4n) is 3.13. The van der Waals surface area contributed by atoms with Crippen molar-refractivity contribution in [3.63, 3.8) is 0 Å². The second-order valence-corrected chi connectivity index (χ2v) is 5.80. The molecule has 122 valence electrons. The van der Waals surface area contributed by atoms with Crippen LogP contribution in [0.1, 0.15) is 28.5 Å². The summed E-state index contributed by atoms with van der Waals surface area (Å²) in [5, 5.41) is 3.89. The maximum Gasteiger partial charge on any atom is 0.252 e. The lowest BCUT2D eigenvalue weighted by Crippen LogP contribution is -2.34. The molecule has 0 unspecified atom stereocenters. The van der Waals surface area contributed by atoms with Gasteiger partial charge in [-0.2, -0.15) is 0 Å². The zero-order valence-corrected chi connectivity index (χ0v) is 13.8. The number of pyridine rings is 1. The summed E-state index contributed by atoms with van der Waals surface area (Å²) in [6, 6.07) is 7.89. The Morgan fingerprint density at radius 3 is 3.00 bits per heavy atom. The molecule has 0 atom stereocenters. The van der Waals surface area contributed by atoms with Crippen molar-refractivity contribution in [3.05, 3.63) is 41.1 Å². The van der Waals surface area contributed by atoms with Gasteiger partial charge in [0.2, 0.25) is 0 Å². The van der Waals surface area contributed by atoms with E-state index in [1.807, 2.05) is 24.3 Å². The minimum atomic E-state index is -0.0325. The van der Waals surface area contributed by atoms with Crippen molar-refractivity contribution in [2.75, 3.05) is 33.4 Å². The number of fused-ring (bicyclic) bond motifs is 2. The lowest BCUT2D eigenvalue weighted by Gasteiger charge is -2.29. The van der Waals surface area contributed by atoms with E-state index in [2.05, 4.69) is 17.1 Å². The smallest absolute Gasteiger partial charge is 0.252 e. The van der Waals surface area contributed by atoms with Gasteiger partial charge in [0.1, 0.15) is 0 Å². The number of rotatable bonds is 5. The molecule has 5 heteroatoms. The van der Waals surface area contributed by atoms with Crippen molar-refractivity contribution in [1.82, 2.24) is 15.2 Å². The zero-order chi connectivity index (χ0) is 16.2. The number of para-hydroxylation sites is 1. The third-order valence-electron chi connectivity index (χ3n) is 4.39. The highest BCUT2D eigenvalue weighted by Gasteiger charge is 2.24. The van der Waals surface area contributed by atoms with Crippen LogP contribution in [0, 0.1) is 0 Å². The van der Waals surface area contributed by atoms with Crippen LogP contribution >= 0.6 is 0 Å². The molecule has 1 aromatic carbocycles. The number of benzene rings is 1. The highest BCUT2D eigenvalue weighted by Crippen LogP contribution is 2.28. The van der Waals surface area contributed by atoms with Crippen LogP contribution in [0.25, 0.3) is 10.9 Å². The van der Waals surface area contributed by atoms with E-state index in [1.54, 1.807) is 7.11 Å². The van der Waals surface area contributed by atoms with Crippen LogP contribution in [-0.2, 0) is 17.7 Å². The molecule has 0 bridgehead atoms. The predicted octanol–water partition coefficient (Wildman–Crippen LogP) is 1.99. The molecule has 1 N–H and O–H groups in total. The summed E-state index contributed by atoms with van der Waals surface area (Å²) in [6.07, 6.45) is 0.895. The number of carbonyl (C=O) groups excluding carboxylic acids is 1. The van der Waals surface area contributed by atoms with Crippen LogP contribution in [0.15, 0.2) is 24.3 Å². The average Bonchev–Trinajstić information content (AvgIpc) is 2.59. The average molecular weight is 313 g/mol. The van der Waals surface area contributed by atoms with Gasteiger partial charge in [0.15, 0.2) is 0 Å². The maximum atomic E-state index is 12.8. The van der Waals surface area contributed by atoms with Gasteiger partial charge in [0.05, 0.1) is 17.7 Å². The lowest BCUT2D eigenvalue weighted by molar-refractivity contribution is 0.0936. The molecular formula is C18H23N3O2. The molecule has 2 aromatic rings. The second kappa shape index (κ2) is 7.06. The Kier molecular flexibility index (Phi) is 4.88. The van der Waals surface area contributed by atoms with E-state index in [0.29, 0.717) is 13.2 Å². The Morgan fingerprint density at radius 1 is 1.39 bits per heavy atom. The largest absolute Gasteiger partial charge is 0.383 e. The molecular weight excluding hydrogens is 290 g/mol. The van der Waals surface area contributed by atoms with Crippen molar-refractivity contribution >= 4 is 16.8 Å². The zero-order valence-electron chi connectivity index (χ0n) is 13.8. The number of aromatic nitrogens is 1. The summed E-state index contributed by atoms with van der Waals surface area (Å²) in [5.74, 6) is -0.0325. The quantitative estimate of drug-likeness (QED) is 0.858. The van der Waals surface area contributed by atoms with E-state index < -0.39 is 0 Å². The van der Waals surface area contributed by atoms with Crippen molar-refractivity contribution < 1.29 is 9.53 Å². The van der Waals surface area contributed by atoms with Gasteiger partial charge in [-0.05, 0) is 12.6 Å². The molecule has 1 aliphatic rings. The number of carbonyl (C=O) groups is 1. The Balaban J connectivity index is 2.06. The number of methoxy groups -OCH3 is 1. The van der Waals surface area contributed by atoms with E-state index in [1.165, 1.54) is 0 Å². The van der Waals surface area contributed by atoms with E-state index in [9.17, 15) is 4.79 Å². The van der Waals surface area contributed by atoms with E-state index >= 15 is 0 Å². The SMILES string of the molecule is CCN1CCc2nc3ccccc3c(C(=O)NCCOC)c2C1. The molecule has 0 radical (unpaired) electrons. The molecule has 0 saturated carbocycles. The van der Waals surface area contributed by atoms with Gasteiger partial charge in [-0.15, -0.1) is 0 Å². The standard InChI is InChI=1S/C18H23N3O2/c1-3-21-10-8-16-14(12-21)17(18(22)19-9-11-23-2)13-6-4-5-7-15(13)20-16/h4-7H,3,8-12H2,1-2H3,(H,19,22). The van der Waals surface area contributed by atoms with Crippen molar-refractivity contribution in [3.8, 4) is 0 Å². The maximum absolute atomic E-state index is 12.8. The molecule has 0 spiro atoms. The Hall–Kier alpha value is -1.98. The number of hydrogen-bond acceptors (Lipinski definition) is 4. The first kappa shape index (κ1) is 15.9. The van der Waals surface area contributed by atoms with Gasteiger partial charge in [-0.3, -0.25) is 14.7 Å². The molecule has 1 amide bonds. The van der Waals surface area contributed by atoms with Crippen LogP contribution in [0.3, 0.4) is 0 Å². The van der Waals surface area contributed by atoms with Crippen molar-refractivity contribution in [2.24, 2.45) is 0 Å². The second-order valence-electron chi connectivity index (χ2n) is 5.80. The number of likely N-dealkylation sites (N-methyl/N-ethyl adjacent to an activating group) is 1. The molecule has 0 fully saturated rings. The lowest BCUT2D eigenvalue weighted by atomic mass is 9.95. The summed E-state index contributed by atoms with van der Waals surface area (Å²) >= 11 is 0. The highest BCUT2D eigenvalue weighted by molar-refractivity contribution is 6.07. The van der Waals surface area contributed by atoms with E-state index in [0.717, 1.165) is 53.8 Å². The van der Waals surface area contributed by atoms with Gasteiger partial charge in [0.25, 0.3) is 5.91 Å². The molecule has 3 rings (SSSR count). The first-order valence-electron chi connectivity index (χ1n) is 8.14. The molecule has 2 heterocycles. The Labute approximate surface area is 136 Å². The van der Waals surface area contributed by atoms with Crippen LogP contribution in [0.2, 0.25) is 0 Å². The molecule has 1 aromatic heterocycles. The summed E-state index contributed by atoms with van der Waals surface area (Å²) in [7, 11) is 1.63. The van der Waals surface area contributed by atoms with Gasteiger partial charge >= 0.3 is 0 Å². The number of ether oxygens (including phenoxy) is 1. The fourth-order valence-corrected chi connectivity index (χ4v) is 3.13. The topological polar surface area (TPSA) is 54.5 Å². The molecule has 23 heavy (non-hydrogen) atoms. The van der Waals surface area contributed by atoms with Crippen molar-refractivity contribution in [2.45, 2.75) is 19.9 Å². The van der Waals surface area contributed by atoms with Crippen LogP contribution < -0.4 is 5.32 Å². The Morgan fingerprint density at radius 2 is 2.22 bits per heavy atom. The first-order valence-corrected chi connectivity index (χ1v) is 8.14. The summed E-state index contributed by atoms with van der Waals surface area (Å²) in [4.78, 5) is 19.9. The van der Waals surface area contributed by atoms with Gasteiger partial charge in [-0.25, -0.2) is 0 Å².